The van der Waals surface area contributed by atoms with E-state index in [9.17, 15) is 4.79 Å². The number of piperidine rings is 1. The molecule has 0 spiro atoms. The van der Waals surface area contributed by atoms with Crippen LogP contribution in [-0.4, -0.2) is 63.8 Å². The van der Waals surface area contributed by atoms with E-state index in [1.807, 2.05) is 0 Å². The standard InChI is InChI=1S/C27H41N7O2/c1-18-15-22(35)32-24-23(18)26(29-17-28-24)33-10-5-20(6-11-33)25-31-21(19-7-13-36-14-8-19)16-34(25)12-9-30-27(2,3)4/h16-20,30H,5-15H2,1-4H3,(H,28,29,32,35). The highest BCUT2D eigenvalue weighted by Crippen LogP contribution is 2.39. The average Bonchev–Trinajstić information content (AvgIpc) is 3.27. The molecular weight excluding hydrogens is 454 g/mol. The van der Waals surface area contributed by atoms with Gasteiger partial charge in [0.15, 0.2) is 0 Å². The molecule has 2 aromatic rings. The highest BCUT2D eigenvalue weighted by molar-refractivity contribution is 5.94. The molecule has 3 aliphatic heterocycles. The summed E-state index contributed by atoms with van der Waals surface area (Å²) in [5.41, 5.74) is 2.41. The summed E-state index contributed by atoms with van der Waals surface area (Å²) in [7, 11) is 0. The molecule has 9 nitrogen and oxygen atoms in total. The summed E-state index contributed by atoms with van der Waals surface area (Å²) in [5.74, 6) is 3.97. The summed E-state index contributed by atoms with van der Waals surface area (Å²) in [5, 5.41) is 6.56. The lowest BCUT2D eigenvalue weighted by Gasteiger charge is -2.35. The molecule has 0 bridgehead atoms. The van der Waals surface area contributed by atoms with Crippen LogP contribution in [0.4, 0.5) is 11.6 Å². The molecule has 36 heavy (non-hydrogen) atoms. The maximum atomic E-state index is 12.0. The second kappa shape index (κ2) is 10.5. The quantitative estimate of drug-likeness (QED) is 0.629. The zero-order valence-electron chi connectivity index (χ0n) is 22.2. The fourth-order valence-corrected chi connectivity index (χ4v) is 5.80. The first-order valence-corrected chi connectivity index (χ1v) is 13.6. The molecule has 196 valence electrons. The molecule has 0 saturated carbocycles. The van der Waals surface area contributed by atoms with Crippen molar-refractivity contribution >= 4 is 17.5 Å². The summed E-state index contributed by atoms with van der Waals surface area (Å²) in [6.07, 6.45) is 8.57. The van der Waals surface area contributed by atoms with Gasteiger partial charge in [-0.15, -0.1) is 0 Å². The summed E-state index contributed by atoms with van der Waals surface area (Å²) in [6, 6.07) is 0. The van der Waals surface area contributed by atoms with Gasteiger partial charge in [0.05, 0.1) is 5.69 Å². The van der Waals surface area contributed by atoms with E-state index in [1.165, 1.54) is 11.5 Å². The Morgan fingerprint density at radius 1 is 1.11 bits per heavy atom. The number of nitrogens with zero attached hydrogens (tertiary/aromatic N) is 5. The van der Waals surface area contributed by atoms with Crippen molar-refractivity contribution < 1.29 is 9.53 Å². The molecule has 5 rings (SSSR count). The van der Waals surface area contributed by atoms with E-state index in [-0.39, 0.29) is 17.4 Å². The number of anilines is 2. The van der Waals surface area contributed by atoms with E-state index in [0.717, 1.165) is 76.5 Å². The fraction of sp³-hybridized carbons (Fsp3) is 0.704. The normalized spacial score (nSPS) is 21.9. The van der Waals surface area contributed by atoms with Crippen molar-refractivity contribution in [2.75, 3.05) is 43.1 Å². The van der Waals surface area contributed by atoms with Crippen LogP contribution in [0, 0.1) is 0 Å². The number of nitrogens with one attached hydrogen (secondary N) is 2. The Labute approximate surface area is 214 Å². The van der Waals surface area contributed by atoms with E-state index in [2.05, 4.69) is 64.0 Å². The van der Waals surface area contributed by atoms with Crippen LogP contribution in [0.25, 0.3) is 0 Å². The second-order valence-electron chi connectivity index (χ2n) is 11.7. The minimum absolute atomic E-state index is 0.0338. The smallest absolute Gasteiger partial charge is 0.226 e. The van der Waals surface area contributed by atoms with Crippen LogP contribution in [0.1, 0.15) is 94.6 Å². The van der Waals surface area contributed by atoms with Crippen molar-refractivity contribution in [3.63, 3.8) is 0 Å². The van der Waals surface area contributed by atoms with Crippen molar-refractivity contribution in [1.82, 2.24) is 24.8 Å². The Balaban J connectivity index is 1.32. The summed E-state index contributed by atoms with van der Waals surface area (Å²) in [6.45, 7) is 14.1. The molecule has 2 saturated heterocycles. The third kappa shape index (κ3) is 5.57. The fourth-order valence-electron chi connectivity index (χ4n) is 5.80. The van der Waals surface area contributed by atoms with Gasteiger partial charge in [0.1, 0.15) is 23.8 Å². The van der Waals surface area contributed by atoms with Gasteiger partial charge < -0.3 is 24.8 Å². The van der Waals surface area contributed by atoms with Crippen LogP contribution >= 0.6 is 0 Å². The van der Waals surface area contributed by atoms with Crippen molar-refractivity contribution in [2.24, 2.45) is 0 Å². The minimum Gasteiger partial charge on any atom is -0.381 e. The topological polar surface area (TPSA) is 97.2 Å². The number of hydrogen-bond acceptors (Lipinski definition) is 7. The highest BCUT2D eigenvalue weighted by atomic mass is 16.5. The van der Waals surface area contributed by atoms with E-state index >= 15 is 0 Å². The lowest BCUT2D eigenvalue weighted by Crippen LogP contribution is -2.38. The number of imidazole rings is 1. The predicted molar refractivity (Wildman–Crippen MR) is 141 cm³/mol. The number of aromatic nitrogens is 4. The minimum atomic E-state index is 0.0338. The third-order valence-corrected chi connectivity index (χ3v) is 7.74. The lowest BCUT2D eigenvalue weighted by atomic mass is 9.92. The number of carbonyl (C=O) groups is 1. The van der Waals surface area contributed by atoms with Gasteiger partial charge in [0.25, 0.3) is 0 Å². The number of carbonyl (C=O) groups excluding carboxylic acids is 1. The van der Waals surface area contributed by atoms with E-state index in [1.54, 1.807) is 6.33 Å². The molecule has 3 aliphatic rings. The molecule has 0 radical (unpaired) electrons. The van der Waals surface area contributed by atoms with E-state index < -0.39 is 0 Å². The number of amides is 1. The van der Waals surface area contributed by atoms with Gasteiger partial charge in [0, 0.05) is 74.9 Å². The second-order valence-corrected chi connectivity index (χ2v) is 11.7. The number of ether oxygens (including phenoxy) is 1. The first-order chi connectivity index (χ1) is 17.3. The zero-order valence-corrected chi connectivity index (χ0v) is 22.2. The maximum absolute atomic E-state index is 12.0. The lowest BCUT2D eigenvalue weighted by molar-refractivity contribution is -0.116. The maximum Gasteiger partial charge on any atom is 0.226 e. The number of rotatable bonds is 6. The molecule has 0 aromatic carbocycles. The summed E-state index contributed by atoms with van der Waals surface area (Å²) in [4.78, 5) is 28.6. The van der Waals surface area contributed by atoms with Crippen molar-refractivity contribution in [2.45, 2.75) is 89.6 Å². The summed E-state index contributed by atoms with van der Waals surface area (Å²) < 4.78 is 8.01. The monoisotopic (exact) mass is 495 g/mol. The van der Waals surface area contributed by atoms with Crippen molar-refractivity contribution in [3.8, 4) is 0 Å². The van der Waals surface area contributed by atoms with Gasteiger partial charge in [-0.2, -0.15) is 0 Å². The Bertz CT molecular complexity index is 1060. The Morgan fingerprint density at radius 2 is 1.86 bits per heavy atom. The van der Waals surface area contributed by atoms with Gasteiger partial charge in [-0.25, -0.2) is 15.0 Å². The first-order valence-electron chi connectivity index (χ1n) is 13.6. The van der Waals surface area contributed by atoms with Crippen LogP contribution in [0.15, 0.2) is 12.5 Å². The first kappa shape index (κ1) is 25.1. The van der Waals surface area contributed by atoms with Gasteiger partial charge in [-0.1, -0.05) is 6.92 Å². The number of hydrogen-bond donors (Lipinski definition) is 2. The number of fused-ring (bicyclic) bond motifs is 1. The molecule has 5 heterocycles. The Hall–Kier alpha value is -2.52. The Morgan fingerprint density at radius 3 is 2.58 bits per heavy atom. The predicted octanol–water partition coefficient (Wildman–Crippen LogP) is 3.78. The molecule has 2 aromatic heterocycles. The molecular formula is C27H41N7O2. The van der Waals surface area contributed by atoms with Gasteiger partial charge >= 0.3 is 0 Å². The van der Waals surface area contributed by atoms with E-state index in [4.69, 9.17) is 9.72 Å². The van der Waals surface area contributed by atoms with Gasteiger partial charge in [-0.05, 0) is 52.4 Å². The van der Waals surface area contributed by atoms with Gasteiger partial charge in [0.2, 0.25) is 5.91 Å². The van der Waals surface area contributed by atoms with Crippen LogP contribution in [0.3, 0.4) is 0 Å². The van der Waals surface area contributed by atoms with Gasteiger partial charge in [-0.3, -0.25) is 4.79 Å². The Kier molecular flexibility index (Phi) is 7.30. The summed E-state index contributed by atoms with van der Waals surface area (Å²) >= 11 is 0. The largest absolute Gasteiger partial charge is 0.381 e. The van der Waals surface area contributed by atoms with Crippen LogP contribution in [-0.2, 0) is 16.1 Å². The molecule has 2 fully saturated rings. The van der Waals surface area contributed by atoms with Crippen molar-refractivity contribution in [1.29, 1.82) is 0 Å². The van der Waals surface area contributed by atoms with Crippen molar-refractivity contribution in [3.05, 3.63) is 29.6 Å². The molecule has 1 unspecified atom stereocenters. The van der Waals surface area contributed by atoms with Crippen LogP contribution in [0.5, 0.6) is 0 Å². The molecule has 1 atom stereocenters. The van der Waals surface area contributed by atoms with E-state index in [0.29, 0.717) is 24.1 Å². The SMILES string of the molecule is CC1CC(=O)Nc2ncnc(N3CCC(c4nc(C5CCOCC5)cn4CCNC(C)(C)C)CC3)c21. The third-order valence-electron chi connectivity index (χ3n) is 7.74. The highest BCUT2D eigenvalue weighted by Gasteiger charge is 2.32. The average molecular weight is 496 g/mol. The molecule has 1 amide bonds. The van der Waals surface area contributed by atoms with Crippen LogP contribution < -0.4 is 15.5 Å². The molecule has 9 heteroatoms. The zero-order chi connectivity index (χ0) is 25.3. The molecule has 0 aliphatic carbocycles. The van der Waals surface area contributed by atoms with Crippen LogP contribution in [0.2, 0.25) is 0 Å². The molecule has 2 N–H and O–H groups in total.